The van der Waals surface area contributed by atoms with Gasteiger partial charge >= 0.3 is 0 Å². The summed E-state index contributed by atoms with van der Waals surface area (Å²) in [5.41, 5.74) is 3.36. The van der Waals surface area contributed by atoms with E-state index < -0.39 is 0 Å². The standard InChI is InChI=1S/C17H26N4O2/c1-15-2-3-21-16(13-18-17(21)12-15)14-20(6-9-22)5-4-19-7-10-23-11-8-19/h2-3,12-13,22H,4-11,14H2,1H3. The predicted octanol–water partition coefficient (Wildman–Crippen LogP) is 0.769. The molecule has 1 aliphatic rings. The zero-order chi connectivity index (χ0) is 16.1. The number of hydrogen-bond acceptors (Lipinski definition) is 5. The van der Waals surface area contributed by atoms with Crippen molar-refractivity contribution in [1.82, 2.24) is 19.2 Å². The van der Waals surface area contributed by atoms with E-state index in [1.165, 1.54) is 5.56 Å². The molecule has 0 aliphatic carbocycles. The Morgan fingerprint density at radius 1 is 1.30 bits per heavy atom. The molecule has 1 N–H and O–H groups in total. The molecule has 23 heavy (non-hydrogen) atoms. The van der Waals surface area contributed by atoms with Gasteiger partial charge in [0.1, 0.15) is 5.65 Å². The van der Waals surface area contributed by atoms with Gasteiger partial charge in [-0.15, -0.1) is 0 Å². The second kappa shape index (κ2) is 7.88. The minimum absolute atomic E-state index is 0.180. The number of aromatic nitrogens is 2. The van der Waals surface area contributed by atoms with Gasteiger partial charge in [-0.2, -0.15) is 0 Å². The molecular weight excluding hydrogens is 292 g/mol. The first-order chi connectivity index (χ1) is 11.3. The van der Waals surface area contributed by atoms with Gasteiger partial charge in [0.05, 0.1) is 31.7 Å². The molecule has 6 nitrogen and oxygen atoms in total. The fourth-order valence-corrected chi connectivity index (χ4v) is 3.00. The van der Waals surface area contributed by atoms with E-state index >= 15 is 0 Å². The van der Waals surface area contributed by atoms with Crippen LogP contribution in [0.25, 0.3) is 5.65 Å². The number of imidazole rings is 1. The van der Waals surface area contributed by atoms with Gasteiger partial charge in [-0.3, -0.25) is 9.80 Å². The molecule has 0 spiro atoms. The van der Waals surface area contributed by atoms with E-state index in [0.717, 1.165) is 57.3 Å². The van der Waals surface area contributed by atoms with Crippen molar-refractivity contribution < 1.29 is 9.84 Å². The number of nitrogens with zero attached hydrogens (tertiary/aromatic N) is 4. The average Bonchev–Trinajstić information content (AvgIpc) is 2.96. The molecule has 0 amide bonds. The van der Waals surface area contributed by atoms with Gasteiger partial charge in [-0.05, 0) is 24.6 Å². The number of aliphatic hydroxyl groups is 1. The van der Waals surface area contributed by atoms with Crippen LogP contribution < -0.4 is 0 Å². The topological polar surface area (TPSA) is 53.2 Å². The molecule has 1 fully saturated rings. The zero-order valence-electron chi connectivity index (χ0n) is 13.8. The van der Waals surface area contributed by atoms with Crippen molar-refractivity contribution in [1.29, 1.82) is 0 Å². The van der Waals surface area contributed by atoms with Crippen molar-refractivity contribution in [3.63, 3.8) is 0 Å². The minimum Gasteiger partial charge on any atom is -0.395 e. The van der Waals surface area contributed by atoms with E-state index in [1.54, 1.807) is 0 Å². The molecule has 3 heterocycles. The van der Waals surface area contributed by atoms with Crippen molar-refractivity contribution in [2.24, 2.45) is 0 Å². The number of aliphatic hydroxyl groups excluding tert-OH is 1. The molecule has 3 rings (SSSR count). The average molecular weight is 318 g/mol. The van der Waals surface area contributed by atoms with Gasteiger partial charge in [0.2, 0.25) is 0 Å². The highest BCUT2D eigenvalue weighted by atomic mass is 16.5. The number of morpholine rings is 1. The number of fused-ring (bicyclic) bond motifs is 1. The number of rotatable bonds is 7. The van der Waals surface area contributed by atoms with E-state index in [4.69, 9.17) is 4.74 Å². The van der Waals surface area contributed by atoms with Crippen LogP contribution in [0, 0.1) is 6.92 Å². The quantitative estimate of drug-likeness (QED) is 0.817. The highest BCUT2D eigenvalue weighted by Gasteiger charge is 2.14. The van der Waals surface area contributed by atoms with Gasteiger partial charge in [0.15, 0.2) is 0 Å². The molecule has 0 aromatic carbocycles. The van der Waals surface area contributed by atoms with Gasteiger partial charge in [0, 0.05) is 45.5 Å². The van der Waals surface area contributed by atoms with Crippen molar-refractivity contribution >= 4 is 5.65 Å². The molecule has 2 aromatic rings. The Labute approximate surface area is 137 Å². The van der Waals surface area contributed by atoms with Crippen LogP contribution in [0.1, 0.15) is 11.3 Å². The number of pyridine rings is 1. The molecule has 0 bridgehead atoms. The van der Waals surface area contributed by atoms with Crippen LogP contribution in [0.3, 0.4) is 0 Å². The minimum atomic E-state index is 0.180. The molecule has 2 aromatic heterocycles. The Morgan fingerprint density at radius 3 is 2.91 bits per heavy atom. The Bertz CT molecular complexity index is 622. The van der Waals surface area contributed by atoms with Crippen LogP contribution in [0.5, 0.6) is 0 Å². The van der Waals surface area contributed by atoms with Crippen LogP contribution in [-0.2, 0) is 11.3 Å². The second-order valence-electron chi connectivity index (χ2n) is 6.14. The lowest BCUT2D eigenvalue weighted by Gasteiger charge is -2.29. The smallest absolute Gasteiger partial charge is 0.137 e. The largest absolute Gasteiger partial charge is 0.395 e. The molecule has 0 radical (unpaired) electrons. The predicted molar refractivity (Wildman–Crippen MR) is 89.6 cm³/mol. The number of hydrogen-bond donors (Lipinski definition) is 1. The summed E-state index contributed by atoms with van der Waals surface area (Å²) in [6, 6.07) is 4.19. The maximum Gasteiger partial charge on any atom is 0.137 e. The molecule has 6 heteroatoms. The highest BCUT2D eigenvalue weighted by Crippen LogP contribution is 2.11. The molecule has 0 atom stereocenters. The molecule has 0 unspecified atom stereocenters. The summed E-state index contributed by atoms with van der Waals surface area (Å²) in [7, 11) is 0. The monoisotopic (exact) mass is 318 g/mol. The van der Waals surface area contributed by atoms with E-state index in [2.05, 4.69) is 44.4 Å². The van der Waals surface area contributed by atoms with Crippen molar-refractivity contribution in [3.8, 4) is 0 Å². The lowest BCUT2D eigenvalue weighted by Crippen LogP contribution is -2.42. The number of ether oxygens (including phenoxy) is 1. The second-order valence-corrected chi connectivity index (χ2v) is 6.14. The lowest BCUT2D eigenvalue weighted by molar-refractivity contribution is 0.0319. The zero-order valence-corrected chi connectivity index (χ0v) is 13.8. The third kappa shape index (κ3) is 4.29. The summed E-state index contributed by atoms with van der Waals surface area (Å²) in [4.78, 5) is 9.20. The highest BCUT2D eigenvalue weighted by molar-refractivity contribution is 5.42. The maximum atomic E-state index is 9.35. The fourth-order valence-electron chi connectivity index (χ4n) is 3.00. The first-order valence-electron chi connectivity index (χ1n) is 8.32. The van der Waals surface area contributed by atoms with E-state index in [-0.39, 0.29) is 6.61 Å². The Kier molecular flexibility index (Phi) is 5.61. The van der Waals surface area contributed by atoms with E-state index in [0.29, 0.717) is 6.54 Å². The van der Waals surface area contributed by atoms with Crippen molar-refractivity contribution in [2.45, 2.75) is 13.5 Å². The molecule has 1 saturated heterocycles. The van der Waals surface area contributed by atoms with E-state index in [9.17, 15) is 5.11 Å². The van der Waals surface area contributed by atoms with Crippen LogP contribution >= 0.6 is 0 Å². The molecule has 1 aliphatic heterocycles. The number of aryl methyl sites for hydroxylation is 1. The van der Waals surface area contributed by atoms with Crippen LogP contribution in [0.15, 0.2) is 24.5 Å². The SMILES string of the molecule is Cc1ccn2c(CN(CCO)CCN3CCOCC3)cnc2c1. The van der Waals surface area contributed by atoms with Gasteiger partial charge < -0.3 is 14.2 Å². The van der Waals surface area contributed by atoms with Crippen LogP contribution in [-0.4, -0.2) is 76.8 Å². The third-order valence-corrected chi connectivity index (χ3v) is 4.38. The van der Waals surface area contributed by atoms with Crippen molar-refractivity contribution in [2.75, 3.05) is 52.5 Å². The summed E-state index contributed by atoms with van der Waals surface area (Å²) >= 11 is 0. The first kappa shape index (κ1) is 16.4. The third-order valence-electron chi connectivity index (χ3n) is 4.38. The fraction of sp³-hybridized carbons (Fsp3) is 0.588. The summed E-state index contributed by atoms with van der Waals surface area (Å²) in [6.07, 6.45) is 4.01. The van der Waals surface area contributed by atoms with E-state index in [1.807, 2.05) is 6.20 Å². The molecular formula is C17H26N4O2. The summed E-state index contributed by atoms with van der Waals surface area (Å²) in [5.74, 6) is 0. The normalized spacial score (nSPS) is 16.5. The Morgan fingerprint density at radius 2 is 2.13 bits per heavy atom. The lowest BCUT2D eigenvalue weighted by atomic mass is 10.3. The Balaban J connectivity index is 1.63. The maximum absolute atomic E-state index is 9.35. The van der Waals surface area contributed by atoms with Crippen LogP contribution in [0.2, 0.25) is 0 Å². The first-order valence-corrected chi connectivity index (χ1v) is 8.32. The molecule has 0 saturated carbocycles. The Hall–Kier alpha value is -1.47. The van der Waals surface area contributed by atoms with Gasteiger partial charge in [0.25, 0.3) is 0 Å². The van der Waals surface area contributed by atoms with Crippen LogP contribution in [0.4, 0.5) is 0 Å². The van der Waals surface area contributed by atoms with Gasteiger partial charge in [-0.1, -0.05) is 0 Å². The summed E-state index contributed by atoms with van der Waals surface area (Å²) in [5, 5.41) is 9.35. The van der Waals surface area contributed by atoms with Gasteiger partial charge in [-0.25, -0.2) is 4.98 Å². The molecule has 126 valence electrons. The summed E-state index contributed by atoms with van der Waals surface area (Å²) in [6.45, 7) is 9.36. The summed E-state index contributed by atoms with van der Waals surface area (Å²) < 4.78 is 7.52. The van der Waals surface area contributed by atoms with Crippen molar-refractivity contribution in [3.05, 3.63) is 35.8 Å².